The molecule has 7 heteroatoms. The number of hydrogen-bond donors (Lipinski definition) is 2. The fourth-order valence-electron chi connectivity index (χ4n) is 2.16. The Labute approximate surface area is 134 Å². The molecule has 2 N–H and O–H groups in total. The second-order valence-corrected chi connectivity index (χ2v) is 5.23. The van der Waals surface area contributed by atoms with Gasteiger partial charge in [-0.2, -0.15) is 0 Å². The van der Waals surface area contributed by atoms with Gasteiger partial charge in [0.05, 0.1) is 6.10 Å². The highest BCUT2D eigenvalue weighted by Crippen LogP contribution is 2.25. The van der Waals surface area contributed by atoms with Crippen molar-refractivity contribution in [2.24, 2.45) is 0 Å². The fraction of sp³-hybridized carbons (Fsp3) is 0.533. The average molecular weight is 328 g/mol. The Morgan fingerprint density at radius 3 is 2.55 bits per heavy atom. The molecule has 0 unspecified atom stereocenters. The molecule has 0 amide bonds. The second kappa shape index (κ2) is 7.85. The molecule has 0 aromatic heterocycles. The highest BCUT2D eigenvalue weighted by Gasteiger charge is 2.45. The molecule has 6 nitrogen and oxygen atoms in total. The summed E-state index contributed by atoms with van der Waals surface area (Å²) in [6, 6.07) is 8.87. The van der Waals surface area contributed by atoms with Crippen molar-refractivity contribution in [3.63, 3.8) is 0 Å². The largest absolute Gasteiger partial charge is 0.447 e. The molecule has 1 aliphatic rings. The summed E-state index contributed by atoms with van der Waals surface area (Å²) in [5.41, 5.74) is 0. The quantitative estimate of drug-likeness (QED) is 0.805. The van der Waals surface area contributed by atoms with E-state index >= 15 is 0 Å². The van der Waals surface area contributed by atoms with Gasteiger partial charge in [0, 0.05) is 18.8 Å². The van der Waals surface area contributed by atoms with Crippen molar-refractivity contribution < 1.29 is 29.2 Å². The third kappa shape index (κ3) is 4.15. The van der Waals surface area contributed by atoms with E-state index in [1.165, 1.54) is 0 Å². The maximum absolute atomic E-state index is 10.2. The van der Waals surface area contributed by atoms with Crippen molar-refractivity contribution in [1.29, 1.82) is 0 Å². The molecule has 0 saturated carbocycles. The predicted molar refractivity (Wildman–Crippen MR) is 82.5 cm³/mol. The minimum absolute atomic E-state index is 0.182. The van der Waals surface area contributed by atoms with Crippen molar-refractivity contribution in [1.82, 2.24) is 0 Å². The Morgan fingerprint density at radius 2 is 1.91 bits per heavy atom. The van der Waals surface area contributed by atoms with Crippen molar-refractivity contribution >= 4 is 17.5 Å². The number of rotatable bonds is 4. The van der Waals surface area contributed by atoms with E-state index < -0.39 is 30.7 Å². The van der Waals surface area contributed by atoms with Gasteiger partial charge in [-0.25, -0.2) is 0 Å². The minimum Gasteiger partial charge on any atom is -0.447 e. The Hall–Kier alpha value is -1.25. The Morgan fingerprint density at radius 1 is 1.23 bits per heavy atom. The number of thiocarbonyl (C=S) groups is 1. The molecular weight excluding hydrogens is 308 g/mol. The number of aliphatic hydroxyl groups excluding tert-OH is 2. The normalized spacial score (nSPS) is 31.5. The molecule has 1 aliphatic heterocycles. The van der Waals surface area contributed by atoms with Crippen LogP contribution in [0.3, 0.4) is 0 Å². The smallest absolute Gasteiger partial charge is 0.358 e. The van der Waals surface area contributed by atoms with E-state index in [4.69, 9.17) is 31.2 Å². The van der Waals surface area contributed by atoms with Crippen LogP contribution in [0.4, 0.5) is 0 Å². The zero-order valence-corrected chi connectivity index (χ0v) is 13.2. The maximum atomic E-state index is 10.2. The molecule has 1 fully saturated rings. The van der Waals surface area contributed by atoms with Gasteiger partial charge >= 0.3 is 5.24 Å². The van der Waals surface area contributed by atoms with Gasteiger partial charge in [0.25, 0.3) is 0 Å². The van der Waals surface area contributed by atoms with E-state index in [1.54, 1.807) is 38.1 Å². The predicted octanol–water partition coefficient (Wildman–Crippen LogP) is 1.24. The lowest BCUT2D eigenvalue weighted by Crippen LogP contribution is -2.59. The van der Waals surface area contributed by atoms with Gasteiger partial charge in [-0.05, 0) is 26.0 Å². The van der Waals surface area contributed by atoms with Gasteiger partial charge in [0.2, 0.25) is 0 Å². The fourth-order valence-corrected chi connectivity index (χ4v) is 2.37. The number of ether oxygens (including phenoxy) is 4. The van der Waals surface area contributed by atoms with Crippen LogP contribution < -0.4 is 4.74 Å². The van der Waals surface area contributed by atoms with Crippen LogP contribution in [0, 0.1) is 0 Å². The van der Waals surface area contributed by atoms with Crippen LogP contribution in [0.5, 0.6) is 5.75 Å². The molecular formula is C15H20O6S. The van der Waals surface area contributed by atoms with E-state index in [-0.39, 0.29) is 5.24 Å². The van der Waals surface area contributed by atoms with E-state index in [2.05, 4.69) is 0 Å². The van der Waals surface area contributed by atoms with E-state index in [9.17, 15) is 10.2 Å². The zero-order chi connectivity index (χ0) is 16.1. The average Bonchev–Trinajstić information content (AvgIpc) is 2.50. The molecule has 5 atom stereocenters. The summed E-state index contributed by atoms with van der Waals surface area (Å²) in [7, 11) is 0. The summed E-state index contributed by atoms with van der Waals surface area (Å²) in [6.45, 7) is 3.81. The molecule has 122 valence electrons. The monoisotopic (exact) mass is 328 g/mol. The highest BCUT2D eigenvalue weighted by atomic mass is 32.1. The third-order valence-electron chi connectivity index (χ3n) is 3.29. The number of para-hydroxylation sites is 1. The van der Waals surface area contributed by atoms with E-state index in [1.807, 2.05) is 6.07 Å². The molecule has 1 aromatic carbocycles. The first kappa shape index (κ1) is 17.1. The molecule has 1 aromatic rings. The summed E-state index contributed by atoms with van der Waals surface area (Å²) < 4.78 is 21.5. The van der Waals surface area contributed by atoms with Crippen LogP contribution >= 0.6 is 12.2 Å². The molecule has 0 aliphatic carbocycles. The number of hydrogen-bond acceptors (Lipinski definition) is 7. The van der Waals surface area contributed by atoms with Crippen molar-refractivity contribution in [2.45, 2.75) is 44.6 Å². The lowest BCUT2D eigenvalue weighted by atomic mass is 10.00. The molecule has 1 heterocycles. The van der Waals surface area contributed by atoms with Crippen LogP contribution in [0.2, 0.25) is 0 Å². The van der Waals surface area contributed by atoms with Gasteiger partial charge in [-0.3, -0.25) is 0 Å². The topological polar surface area (TPSA) is 77.4 Å². The third-order valence-corrected chi connectivity index (χ3v) is 3.47. The Kier molecular flexibility index (Phi) is 6.10. The van der Waals surface area contributed by atoms with Crippen molar-refractivity contribution in [3.8, 4) is 5.75 Å². The lowest BCUT2D eigenvalue weighted by Gasteiger charge is -2.40. The van der Waals surface area contributed by atoms with E-state index in [0.717, 1.165) is 0 Å². The molecule has 0 spiro atoms. The summed E-state index contributed by atoms with van der Waals surface area (Å²) in [6.07, 6.45) is -4.67. The van der Waals surface area contributed by atoms with Gasteiger partial charge < -0.3 is 29.2 Å². The first-order valence-electron chi connectivity index (χ1n) is 7.09. The number of aliphatic hydroxyl groups is 2. The van der Waals surface area contributed by atoms with Gasteiger partial charge in [-0.1, -0.05) is 18.2 Å². The molecule has 22 heavy (non-hydrogen) atoms. The first-order chi connectivity index (χ1) is 10.5. The van der Waals surface area contributed by atoms with Gasteiger partial charge in [0.15, 0.2) is 12.4 Å². The van der Waals surface area contributed by atoms with Gasteiger partial charge in [0.1, 0.15) is 18.0 Å². The second-order valence-electron chi connectivity index (χ2n) is 4.89. The summed E-state index contributed by atoms with van der Waals surface area (Å²) in [4.78, 5) is 0. The summed E-state index contributed by atoms with van der Waals surface area (Å²) in [5.74, 6) is 0.512. The van der Waals surface area contributed by atoms with E-state index in [0.29, 0.717) is 12.4 Å². The maximum Gasteiger partial charge on any atom is 0.358 e. The number of benzene rings is 1. The zero-order valence-electron chi connectivity index (χ0n) is 12.4. The van der Waals surface area contributed by atoms with Crippen LogP contribution in [0.15, 0.2) is 30.3 Å². The minimum atomic E-state index is -1.18. The van der Waals surface area contributed by atoms with Crippen LogP contribution in [0.1, 0.15) is 13.8 Å². The highest BCUT2D eigenvalue weighted by molar-refractivity contribution is 7.79. The molecule has 2 rings (SSSR count). The Balaban J connectivity index is 2.00. The van der Waals surface area contributed by atoms with Crippen molar-refractivity contribution in [3.05, 3.63) is 30.3 Å². The van der Waals surface area contributed by atoms with Crippen molar-refractivity contribution in [2.75, 3.05) is 6.61 Å². The summed E-state index contributed by atoms with van der Waals surface area (Å²) >= 11 is 5.02. The van der Waals surface area contributed by atoms with Crippen LogP contribution in [-0.2, 0) is 14.2 Å². The Bertz CT molecular complexity index is 482. The first-order valence-corrected chi connectivity index (χ1v) is 7.50. The lowest BCUT2D eigenvalue weighted by molar-refractivity contribution is -0.290. The van der Waals surface area contributed by atoms with Crippen LogP contribution in [0.25, 0.3) is 0 Å². The SMILES string of the molecule is CCO[C@H]1O[C@@H](C)[C@H](O)[C@@H](OC(=S)Oc2ccccc2)[C@H]1O. The summed E-state index contributed by atoms with van der Waals surface area (Å²) in [5, 5.41) is 20.2. The molecule has 0 radical (unpaired) electrons. The standard InChI is InChI=1S/C15H20O6S/c1-3-18-14-12(17)13(11(16)9(2)19-14)21-15(22)20-10-7-5-4-6-8-10/h4-9,11-14,16-17H,3H2,1-2H3/t9-,11-,12+,13+,14-/m0/s1. The molecule has 0 bridgehead atoms. The molecule has 1 saturated heterocycles. The van der Waals surface area contributed by atoms with Gasteiger partial charge in [-0.15, -0.1) is 0 Å². The van der Waals surface area contributed by atoms with Crippen LogP contribution in [-0.4, -0.2) is 52.8 Å².